The molecule has 0 saturated heterocycles. The lowest BCUT2D eigenvalue weighted by molar-refractivity contribution is 0.0916. The van der Waals surface area contributed by atoms with Crippen molar-refractivity contribution in [1.82, 2.24) is 10.5 Å². The smallest absolute Gasteiger partial charge is 0.289 e. The second-order valence-electron chi connectivity index (χ2n) is 4.27. The van der Waals surface area contributed by atoms with Crippen LogP contribution in [-0.4, -0.2) is 23.0 Å². The summed E-state index contributed by atoms with van der Waals surface area (Å²) in [6.45, 7) is 6.40. The van der Waals surface area contributed by atoms with Crippen molar-refractivity contribution in [2.24, 2.45) is 5.92 Å². The fourth-order valence-electron chi connectivity index (χ4n) is 1.36. The fraction of sp³-hybridized carbons (Fsp3) is 0.636. The van der Waals surface area contributed by atoms with Crippen molar-refractivity contribution in [2.75, 3.05) is 6.54 Å². The van der Waals surface area contributed by atoms with Crippen molar-refractivity contribution >= 4 is 17.5 Å². The number of aryl methyl sites for hydroxylation is 1. The highest BCUT2D eigenvalue weighted by Crippen LogP contribution is 2.10. The van der Waals surface area contributed by atoms with Crippen LogP contribution in [0.1, 0.15) is 36.5 Å². The highest BCUT2D eigenvalue weighted by atomic mass is 35.5. The lowest BCUT2D eigenvalue weighted by Crippen LogP contribution is -2.30. The van der Waals surface area contributed by atoms with E-state index in [4.69, 9.17) is 16.1 Å². The van der Waals surface area contributed by atoms with Crippen LogP contribution >= 0.6 is 11.6 Å². The van der Waals surface area contributed by atoms with E-state index in [0.29, 0.717) is 18.2 Å². The van der Waals surface area contributed by atoms with E-state index < -0.39 is 0 Å². The first-order chi connectivity index (χ1) is 7.49. The van der Waals surface area contributed by atoms with Crippen LogP contribution in [0.2, 0.25) is 0 Å². The number of carbonyl (C=O) groups is 1. The van der Waals surface area contributed by atoms with Gasteiger partial charge in [0.15, 0.2) is 0 Å². The number of aromatic nitrogens is 1. The number of nitrogens with zero attached hydrogens (tertiary/aromatic N) is 1. The Bertz CT molecular complexity index is 350. The maximum Gasteiger partial charge on any atom is 0.289 e. The van der Waals surface area contributed by atoms with E-state index >= 15 is 0 Å². The topological polar surface area (TPSA) is 55.1 Å². The Kier molecular flexibility index (Phi) is 4.80. The molecule has 0 saturated carbocycles. The summed E-state index contributed by atoms with van der Waals surface area (Å²) < 4.78 is 4.83. The summed E-state index contributed by atoms with van der Waals surface area (Å²) in [5.41, 5.74) is 0.690. The monoisotopic (exact) mass is 244 g/mol. The third-order valence-electron chi connectivity index (χ3n) is 2.06. The molecule has 0 aliphatic heterocycles. The van der Waals surface area contributed by atoms with Gasteiger partial charge in [0.1, 0.15) is 0 Å². The molecule has 1 aromatic rings. The van der Waals surface area contributed by atoms with E-state index in [0.717, 1.165) is 6.42 Å². The normalized spacial score (nSPS) is 12.8. The molecule has 16 heavy (non-hydrogen) atoms. The fourth-order valence-corrected chi connectivity index (χ4v) is 1.79. The summed E-state index contributed by atoms with van der Waals surface area (Å²) >= 11 is 6.05. The van der Waals surface area contributed by atoms with Crippen molar-refractivity contribution < 1.29 is 9.32 Å². The second-order valence-corrected chi connectivity index (χ2v) is 4.89. The molecule has 1 N–H and O–H groups in total. The third kappa shape index (κ3) is 4.23. The van der Waals surface area contributed by atoms with E-state index in [-0.39, 0.29) is 17.0 Å². The summed E-state index contributed by atoms with van der Waals surface area (Å²) in [6, 6.07) is 1.60. The molecule has 4 nitrogen and oxygen atoms in total. The first-order valence-corrected chi connectivity index (χ1v) is 5.78. The number of hydrogen-bond donors (Lipinski definition) is 1. The molecule has 0 fully saturated rings. The van der Waals surface area contributed by atoms with Crippen LogP contribution in [0.4, 0.5) is 0 Å². The van der Waals surface area contributed by atoms with Gasteiger partial charge in [-0.1, -0.05) is 19.0 Å². The molecule has 1 amide bonds. The van der Waals surface area contributed by atoms with E-state index in [1.807, 2.05) is 0 Å². The Morgan fingerprint density at radius 1 is 1.62 bits per heavy atom. The van der Waals surface area contributed by atoms with Gasteiger partial charge in [-0.05, 0) is 19.3 Å². The maximum absolute atomic E-state index is 11.5. The first-order valence-electron chi connectivity index (χ1n) is 5.34. The average molecular weight is 245 g/mol. The summed E-state index contributed by atoms with van der Waals surface area (Å²) in [5, 5.41) is 6.31. The predicted octanol–water partition coefficient (Wildman–Crippen LogP) is 2.37. The minimum atomic E-state index is -0.269. The molecule has 1 rings (SSSR count). The molecule has 1 aromatic heterocycles. The zero-order valence-electron chi connectivity index (χ0n) is 9.79. The number of hydrogen-bond acceptors (Lipinski definition) is 3. The van der Waals surface area contributed by atoms with E-state index in [1.54, 1.807) is 13.0 Å². The molecule has 1 unspecified atom stereocenters. The standard InChI is InChI=1S/C11H17ClN2O2/c1-7(2)4-9(12)6-13-11(15)10-5-8(3)14-16-10/h5,7,9H,4,6H2,1-3H3,(H,13,15). The zero-order chi connectivity index (χ0) is 12.1. The van der Waals surface area contributed by atoms with Crippen molar-refractivity contribution in [3.05, 3.63) is 17.5 Å². The number of nitrogens with one attached hydrogen (secondary N) is 1. The van der Waals surface area contributed by atoms with Crippen LogP contribution in [-0.2, 0) is 0 Å². The van der Waals surface area contributed by atoms with Crippen LogP contribution in [0.25, 0.3) is 0 Å². The number of alkyl halides is 1. The van der Waals surface area contributed by atoms with Gasteiger partial charge in [-0.25, -0.2) is 0 Å². The van der Waals surface area contributed by atoms with Gasteiger partial charge in [-0.15, -0.1) is 11.6 Å². The Balaban J connectivity index is 2.35. The molecule has 0 aliphatic rings. The Hall–Kier alpha value is -1.03. The predicted molar refractivity (Wildman–Crippen MR) is 62.7 cm³/mol. The maximum atomic E-state index is 11.5. The van der Waals surface area contributed by atoms with E-state index in [2.05, 4.69) is 24.3 Å². The Morgan fingerprint density at radius 2 is 2.31 bits per heavy atom. The molecule has 0 aromatic carbocycles. The third-order valence-corrected chi connectivity index (χ3v) is 2.40. The largest absolute Gasteiger partial charge is 0.351 e. The molecule has 0 aliphatic carbocycles. The Morgan fingerprint density at radius 3 is 2.81 bits per heavy atom. The van der Waals surface area contributed by atoms with Gasteiger partial charge in [-0.3, -0.25) is 4.79 Å². The molecule has 5 heteroatoms. The number of carbonyl (C=O) groups excluding carboxylic acids is 1. The quantitative estimate of drug-likeness (QED) is 0.809. The molecule has 0 spiro atoms. The van der Waals surface area contributed by atoms with Gasteiger partial charge in [-0.2, -0.15) is 0 Å². The van der Waals surface area contributed by atoms with Gasteiger partial charge in [0, 0.05) is 12.6 Å². The van der Waals surface area contributed by atoms with Gasteiger partial charge < -0.3 is 9.84 Å². The summed E-state index contributed by atoms with van der Waals surface area (Å²) in [6.07, 6.45) is 0.872. The molecule has 0 radical (unpaired) electrons. The van der Waals surface area contributed by atoms with Crippen molar-refractivity contribution in [2.45, 2.75) is 32.6 Å². The molecule has 0 bridgehead atoms. The van der Waals surface area contributed by atoms with Crippen molar-refractivity contribution in [1.29, 1.82) is 0 Å². The minimum Gasteiger partial charge on any atom is -0.351 e. The molecule has 1 heterocycles. The van der Waals surface area contributed by atoms with Gasteiger partial charge in [0.2, 0.25) is 5.76 Å². The van der Waals surface area contributed by atoms with Crippen LogP contribution in [0.15, 0.2) is 10.6 Å². The van der Waals surface area contributed by atoms with Crippen LogP contribution in [0, 0.1) is 12.8 Å². The first kappa shape index (κ1) is 13.0. The number of amides is 1. The lowest BCUT2D eigenvalue weighted by atomic mass is 10.1. The van der Waals surface area contributed by atoms with Crippen LogP contribution in [0.5, 0.6) is 0 Å². The average Bonchev–Trinajstić information content (AvgIpc) is 2.60. The summed E-state index contributed by atoms with van der Waals surface area (Å²) in [7, 11) is 0. The van der Waals surface area contributed by atoms with Crippen molar-refractivity contribution in [3.63, 3.8) is 0 Å². The minimum absolute atomic E-state index is 0.0482. The van der Waals surface area contributed by atoms with Gasteiger partial charge in [0.25, 0.3) is 5.91 Å². The van der Waals surface area contributed by atoms with Gasteiger partial charge >= 0.3 is 0 Å². The SMILES string of the molecule is Cc1cc(C(=O)NCC(Cl)CC(C)C)on1. The Labute approximate surface area is 100 Å². The number of rotatable bonds is 5. The highest BCUT2D eigenvalue weighted by Gasteiger charge is 2.13. The van der Waals surface area contributed by atoms with Crippen LogP contribution in [0.3, 0.4) is 0 Å². The molecule has 1 atom stereocenters. The summed E-state index contributed by atoms with van der Waals surface area (Å²) in [4.78, 5) is 11.5. The highest BCUT2D eigenvalue weighted by molar-refractivity contribution is 6.20. The summed E-state index contributed by atoms with van der Waals surface area (Å²) in [5.74, 6) is 0.479. The molecular weight excluding hydrogens is 228 g/mol. The second kappa shape index (κ2) is 5.89. The lowest BCUT2D eigenvalue weighted by Gasteiger charge is -2.11. The van der Waals surface area contributed by atoms with Crippen LogP contribution < -0.4 is 5.32 Å². The molecule has 90 valence electrons. The zero-order valence-corrected chi connectivity index (χ0v) is 10.5. The van der Waals surface area contributed by atoms with Crippen molar-refractivity contribution in [3.8, 4) is 0 Å². The van der Waals surface area contributed by atoms with E-state index in [1.165, 1.54) is 0 Å². The van der Waals surface area contributed by atoms with E-state index in [9.17, 15) is 4.79 Å². The van der Waals surface area contributed by atoms with Gasteiger partial charge in [0.05, 0.1) is 11.1 Å². The number of halogens is 1. The molecular formula is C11H17ClN2O2.